The van der Waals surface area contributed by atoms with Crippen molar-refractivity contribution in [3.8, 4) is 11.5 Å². The fourth-order valence-electron chi connectivity index (χ4n) is 5.64. The number of rotatable bonds is 9. The molecule has 0 saturated heterocycles. The molecule has 6 rings (SSSR count). The number of aryl methyl sites for hydroxylation is 2. The Hall–Kier alpha value is -5.63. The maximum atomic E-state index is 12.0. The van der Waals surface area contributed by atoms with Gasteiger partial charge in [0.25, 0.3) is 30.4 Å². The predicted molar refractivity (Wildman–Crippen MR) is 194 cm³/mol. The lowest BCUT2D eigenvalue weighted by molar-refractivity contribution is 0.445. The minimum atomic E-state index is -4.97. The van der Waals surface area contributed by atoms with E-state index in [1.165, 1.54) is 36.4 Å². The second kappa shape index (κ2) is 13.7. The van der Waals surface area contributed by atoms with Gasteiger partial charge in [-0.15, -0.1) is 10.2 Å². The van der Waals surface area contributed by atoms with Gasteiger partial charge in [0.2, 0.25) is 0 Å². The third-order valence-electron chi connectivity index (χ3n) is 8.40. The third-order valence-corrected chi connectivity index (χ3v) is 11.0. The predicted octanol–water partition coefficient (Wildman–Crippen LogP) is 8.18. The van der Waals surface area contributed by atoms with E-state index in [1.807, 2.05) is 32.0 Å². The Morgan fingerprint density at radius 1 is 0.509 bits per heavy atom. The molecular formula is C35H28N4O11S3. The molecule has 6 aromatic carbocycles. The van der Waals surface area contributed by atoms with Crippen molar-refractivity contribution in [1.82, 2.24) is 0 Å². The standard InChI is InChI=1S/C35H28N4O11S3/c1-19-13-25(36-38-33-29-10-8-27(51(42,43)44)16-23(29)5-12-31(33)40)6-3-21(19)15-22-4-7-26(14-20(22)2)37-39-34-30-11-9-28(52(45,46)47)17-24(30)18-32(35(34)41)53(48,49)50/h3-14,16-18,40-41H,15H2,1-2H3,(H,42,43,44)(H,45,46,47)(H,48,49,50). The van der Waals surface area contributed by atoms with E-state index in [0.29, 0.717) is 28.6 Å². The number of hydrogen-bond acceptors (Lipinski definition) is 12. The minimum Gasteiger partial charge on any atom is -0.506 e. The van der Waals surface area contributed by atoms with Gasteiger partial charge in [-0.25, -0.2) is 0 Å². The van der Waals surface area contributed by atoms with Crippen LogP contribution in [0.4, 0.5) is 22.7 Å². The van der Waals surface area contributed by atoms with E-state index in [9.17, 15) is 49.1 Å². The molecule has 0 atom stereocenters. The zero-order valence-electron chi connectivity index (χ0n) is 27.6. The molecule has 0 amide bonds. The molecule has 0 unspecified atom stereocenters. The first-order chi connectivity index (χ1) is 24.8. The molecule has 5 N–H and O–H groups in total. The molecule has 0 aromatic heterocycles. The van der Waals surface area contributed by atoms with Crippen LogP contribution in [0.3, 0.4) is 0 Å². The number of phenolic OH excluding ortho intramolecular Hbond substituents is 2. The average molecular weight is 777 g/mol. The van der Waals surface area contributed by atoms with E-state index in [4.69, 9.17) is 0 Å². The first-order valence-electron chi connectivity index (χ1n) is 15.3. The first-order valence-corrected chi connectivity index (χ1v) is 19.6. The molecule has 0 spiro atoms. The fraction of sp³-hybridized carbons (Fsp3) is 0.0857. The topological polar surface area (TPSA) is 253 Å². The molecule has 0 aliphatic carbocycles. The summed E-state index contributed by atoms with van der Waals surface area (Å²) in [5.41, 5.74) is 4.22. The van der Waals surface area contributed by atoms with Crippen LogP contribution in [0, 0.1) is 13.8 Å². The zero-order valence-corrected chi connectivity index (χ0v) is 30.0. The molecule has 0 radical (unpaired) electrons. The van der Waals surface area contributed by atoms with E-state index in [2.05, 4.69) is 20.5 Å². The molecule has 0 aliphatic heterocycles. The normalized spacial score (nSPS) is 12.8. The Balaban J connectivity index is 1.24. The Kier molecular flexibility index (Phi) is 9.62. The summed E-state index contributed by atoms with van der Waals surface area (Å²) in [6.45, 7) is 3.75. The molecule has 0 saturated carbocycles. The average Bonchev–Trinajstić information content (AvgIpc) is 3.07. The van der Waals surface area contributed by atoms with E-state index < -0.39 is 45.9 Å². The van der Waals surface area contributed by atoms with E-state index in [1.54, 1.807) is 18.2 Å². The monoisotopic (exact) mass is 776 g/mol. The van der Waals surface area contributed by atoms with Crippen LogP contribution in [0.5, 0.6) is 11.5 Å². The number of nitrogens with zero attached hydrogens (tertiary/aromatic N) is 4. The molecule has 18 heteroatoms. The van der Waals surface area contributed by atoms with Crippen molar-refractivity contribution in [2.45, 2.75) is 35.0 Å². The summed E-state index contributed by atoms with van der Waals surface area (Å²) in [5, 5.41) is 38.7. The van der Waals surface area contributed by atoms with Crippen molar-refractivity contribution >= 4 is 74.6 Å². The summed E-state index contributed by atoms with van der Waals surface area (Å²) in [6.07, 6.45) is 0.519. The number of phenols is 2. The van der Waals surface area contributed by atoms with Gasteiger partial charge in [0, 0.05) is 10.8 Å². The van der Waals surface area contributed by atoms with Crippen molar-refractivity contribution in [1.29, 1.82) is 0 Å². The Morgan fingerprint density at radius 2 is 1.00 bits per heavy atom. The SMILES string of the molecule is Cc1cc(N=Nc2c(O)ccc3cc(S(=O)(=O)O)ccc23)ccc1Cc1ccc(N=Nc2c(O)c(S(=O)(=O)O)cc3cc(S(=O)(=O)O)ccc23)cc1C. The molecule has 0 heterocycles. The van der Waals surface area contributed by atoms with E-state index in [0.717, 1.165) is 40.5 Å². The Morgan fingerprint density at radius 3 is 1.49 bits per heavy atom. The van der Waals surface area contributed by atoms with Crippen LogP contribution in [0.15, 0.2) is 126 Å². The second-order valence-corrected chi connectivity index (χ2v) is 16.2. The number of benzene rings is 6. The molecule has 0 fully saturated rings. The van der Waals surface area contributed by atoms with Gasteiger partial charge in [0.15, 0.2) is 5.75 Å². The summed E-state index contributed by atoms with van der Waals surface area (Å²) < 4.78 is 98.8. The van der Waals surface area contributed by atoms with Crippen LogP contribution in [-0.2, 0) is 36.8 Å². The van der Waals surface area contributed by atoms with Crippen LogP contribution < -0.4 is 0 Å². The Bertz CT molecular complexity index is 2890. The molecule has 53 heavy (non-hydrogen) atoms. The smallest absolute Gasteiger partial charge is 0.298 e. The van der Waals surface area contributed by atoms with Crippen molar-refractivity contribution in [3.05, 3.63) is 113 Å². The minimum absolute atomic E-state index is 0.0579. The van der Waals surface area contributed by atoms with Gasteiger partial charge in [-0.05, 0) is 114 Å². The van der Waals surface area contributed by atoms with Crippen LogP contribution in [0.25, 0.3) is 21.5 Å². The Labute approximate surface area is 302 Å². The fourth-order valence-corrected chi connectivity index (χ4v) is 7.28. The van der Waals surface area contributed by atoms with Crippen LogP contribution in [0.2, 0.25) is 0 Å². The lowest BCUT2D eigenvalue weighted by atomic mass is 9.97. The summed E-state index contributed by atoms with van der Waals surface area (Å²) in [7, 11) is -14.0. The number of azo groups is 2. The molecular weight excluding hydrogens is 749 g/mol. The van der Waals surface area contributed by atoms with Gasteiger partial charge in [0.1, 0.15) is 22.0 Å². The summed E-state index contributed by atoms with van der Waals surface area (Å²) >= 11 is 0. The van der Waals surface area contributed by atoms with E-state index >= 15 is 0 Å². The van der Waals surface area contributed by atoms with Gasteiger partial charge in [-0.3, -0.25) is 13.7 Å². The molecule has 272 valence electrons. The second-order valence-electron chi connectivity index (χ2n) is 12.0. The van der Waals surface area contributed by atoms with Gasteiger partial charge in [-0.2, -0.15) is 35.5 Å². The van der Waals surface area contributed by atoms with Crippen LogP contribution >= 0.6 is 0 Å². The van der Waals surface area contributed by atoms with Crippen molar-refractivity contribution in [2.24, 2.45) is 20.5 Å². The van der Waals surface area contributed by atoms with Crippen molar-refractivity contribution in [3.63, 3.8) is 0 Å². The van der Waals surface area contributed by atoms with E-state index in [-0.39, 0.29) is 32.8 Å². The largest absolute Gasteiger partial charge is 0.506 e. The van der Waals surface area contributed by atoms with Gasteiger partial charge in [-0.1, -0.05) is 30.3 Å². The van der Waals surface area contributed by atoms with Crippen molar-refractivity contribution < 1.29 is 49.1 Å². The lowest BCUT2D eigenvalue weighted by Gasteiger charge is -2.11. The maximum absolute atomic E-state index is 12.0. The number of hydrogen-bond donors (Lipinski definition) is 5. The highest BCUT2D eigenvalue weighted by molar-refractivity contribution is 7.86. The maximum Gasteiger partial charge on any atom is 0.298 e. The number of fused-ring (bicyclic) bond motifs is 2. The summed E-state index contributed by atoms with van der Waals surface area (Å²) in [4.78, 5) is -1.76. The first kappa shape index (κ1) is 37.1. The highest BCUT2D eigenvalue weighted by Gasteiger charge is 2.23. The quantitative estimate of drug-likeness (QED) is 0.0691. The number of aromatic hydroxyl groups is 2. The lowest BCUT2D eigenvalue weighted by Crippen LogP contribution is -2.00. The van der Waals surface area contributed by atoms with Crippen molar-refractivity contribution in [2.75, 3.05) is 0 Å². The zero-order chi connectivity index (χ0) is 38.5. The highest BCUT2D eigenvalue weighted by Crippen LogP contribution is 2.42. The molecule has 0 aliphatic rings. The van der Waals surface area contributed by atoms with Gasteiger partial charge >= 0.3 is 0 Å². The summed E-state index contributed by atoms with van der Waals surface area (Å²) in [5.74, 6) is -1.07. The van der Waals surface area contributed by atoms with Crippen LogP contribution in [-0.4, -0.2) is 49.1 Å². The van der Waals surface area contributed by atoms with Gasteiger partial charge < -0.3 is 10.2 Å². The van der Waals surface area contributed by atoms with Crippen LogP contribution in [0.1, 0.15) is 22.3 Å². The third kappa shape index (κ3) is 7.92. The summed E-state index contributed by atoms with van der Waals surface area (Å²) in [6, 6.07) is 21.4. The highest BCUT2D eigenvalue weighted by atomic mass is 32.2. The molecule has 6 aromatic rings. The van der Waals surface area contributed by atoms with Gasteiger partial charge in [0.05, 0.1) is 21.2 Å². The molecule has 15 nitrogen and oxygen atoms in total. The molecule has 0 bridgehead atoms.